The van der Waals surface area contributed by atoms with Gasteiger partial charge in [-0.25, -0.2) is 0 Å². The molecule has 0 radical (unpaired) electrons. The van der Waals surface area contributed by atoms with E-state index in [1.165, 1.54) is 11.1 Å². The van der Waals surface area contributed by atoms with Crippen molar-refractivity contribution in [3.05, 3.63) is 71.8 Å². The minimum absolute atomic E-state index is 0.675. The largest absolute Gasteiger partial charge is 0.281 e. The molecule has 1 heterocycles. The van der Waals surface area contributed by atoms with Crippen molar-refractivity contribution in [2.75, 3.05) is 13.1 Å². The lowest BCUT2D eigenvalue weighted by atomic mass is 10.1. The van der Waals surface area contributed by atoms with Crippen LogP contribution in [-0.4, -0.2) is 24.5 Å². The third-order valence-corrected chi connectivity index (χ3v) is 3.05. The smallest absolute Gasteiger partial charge is 0.0817 e. The van der Waals surface area contributed by atoms with E-state index >= 15 is 0 Å². The molecule has 0 aliphatic carbocycles. The Bertz CT molecular complexity index is 528. The molecule has 0 saturated carbocycles. The molecule has 88 valence electrons. The summed E-state index contributed by atoms with van der Waals surface area (Å²) in [6.45, 7) is 1.35. The molecule has 3 rings (SSSR count). The Kier molecular flexibility index (Phi) is 3.01. The summed E-state index contributed by atoms with van der Waals surface area (Å²) in [6.07, 6.45) is 0. The van der Waals surface area contributed by atoms with E-state index in [0.29, 0.717) is 13.1 Å². The summed E-state index contributed by atoms with van der Waals surface area (Å²) in [7, 11) is 0. The SMILES string of the molecule is c1ccc(C2=NCC(c3ccccc3)=NC2)cc1. The standard InChI is InChI=1S/C16H14N2/c1-3-7-13(8-4-1)15-11-18-16(12-17-15)14-9-5-2-6-10-14/h1-10H,11-12H2. The quantitative estimate of drug-likeness (QED) is 0.763. The van der Waals surface area contributed by atoms with Crippen LogP contribution in [0.25, 0.3) is 0 Å². The fourth-order valence-electron chi connectivity index (χ4n) is 2.07. The summed E-state index contributed by atoms with van der Waals surface area (Å²) in [4.78, 5) is 9.29. The van der Waals surface area contributed by atoms with Gasteiger partial charge in [-0.1, -0.05) is 60.7 Å². The highest BCUT2D eigenvalue weighted by Crippen LogP contribution is 2.09. The first kappa shape index (κ1) is 10.9. The van der Waals surface area contributed by atoms with E-state index in [2.05, 4.69) is 34.3 Å². The van der Waals surface area contributed by atoms with Gasteiger partial charge in [-0.3, -0.25) is 9.98 Å². The van der Waals surface area contributed by atoms with Crippen LogP contribution in [0.3, 0.4) is 0 Å². The monoisotopic (exact) mass is 234 g/mol. The second-order valence-electron chi connectivity index (χ2n) is 4.26. The molecule has 0 bridgehead atoms. The molecule has 0 fully saturated rings. The molecule has 0 unspecified atom stereocenters. The van der Waals surface area contributed by atoms with E-state index in [1.54, 1.807) is 0 Å². The minimum atomic E-state index is 0.675. The van der Waals surface area contributed by atoms with Gasteiger partial charge in [0.15, 0.2) is 0 Å². The van der Waals surface area contributed by atoms with Gasteiger partial charge in [0.2, 0.25) is 0 Å². The Hall–Kier alpha value is -2.22. The van der Waals surface area contributed by atoms with Gasteiger partial charge >= 0.3 is 0 Å². The summed E-state index contributed by atoms with van der Waals surface area (Å²) < 4.78 is 0. The van der Waals surface area contributed by atoms with E-state index < -0.39 is 0 Å². The van der Waals surface area contributed by atoms with Gasteiger partial charge in [0.1, 0.15) is 0 Å². The van der Waals surface area contributed by atoms with Crippen LogP contribution < -0.4 is 0 Å². The van der Waals surface area contributed by atoms with Gasteiger partial charge in [-0.15, -0.1) is 0 Å². The number of rotatable bonds is 2. The van der Waals surface area contributed by atoms with Crippen LogP contribution in [0.15, 0.2) is 70.6 Å². The second-order valence-corrected chi connectivity index (χ2v) is 4.26. The van der Waals surface area contributed by atoms with Gasteiger partial charge in [0, 0.05) is 0 Å². The van der Waals surface area contributed by atoms with Crippen LogP contribution in [0.1, 0.15) is 11.1 Å². The molecule has 0 amide bonds. The Morgan fingerprint density at radius 3 is 1.28 bits per heavy atom. The van der Waals surface area contributed by atoms with E-state index in [4.69, 9.17) is 0 Å². The summed E-state index contributed by atoms with van der Waals surface area (Å²) in [5.41, 5.74) is 4.51. The van der Waals surface area contributed by atoms with Crippen molar-refractivity contribution in [1.82, 2.24) is 0 Å². The van der Waals surface area contributed by atoms with E-state index in [9.17, 15) is 0 Å². The van der Waals surface area contributed by atoms with Crippen molar-refractivity contribution < 1.29 is 0 Å². The first-order chi connectivity index (χ1) is 8.93. The van der Waals surface area contributed by atoms with Crippen LogP contribution in [0.4, 0.5) is 0 Å². The number of hydrogen-bond acceptors (Lipinski definition) is 2. The predicted octanol–water partition coefficient (Wildman–Crippen LogP) is 2.98. The fraction of sp³-hybridized carbons (Fsp3) is 0.125. The maximum Gasteiger partial charge on any atom is 0.0817 e. The molecule has 2 aromatic rings. The highest BCUT2D eigenvalue weighted by atomic mass is 14.9. The van der Waals surface area contributed by atoms with Crippen LogP contribution in [-0.2, 0) is 0 Å². The predicted molar refractivity (Wildman–Crippen MR) is 75.7 cm³/mol. The number of aliphatic imine (C=N–C) groups is 2. The van der Waals surface area contributed by atoms with Crippen LogP contribution in [0.5, 0.6) is 0 Å². The van der Waals surface area contributed by atoms with E-state index in [1.807, 2.05) is 36.4 Å². The molecular formula is C16H14N2. The summed E-state index contributed by atoms with van der Waals surface area (Å²) >= 11 is 0. The lowest BCUT2D eigenvalue weighted by Gasteiger charge is -2.13. The van der Waals surface area contributed by atoms with Crippen molar-refractivity contribution in [3.8, 4) is 0 Å². The minimum Gasteiger partial charge on any atom is -0.281 e. The molecule has 2 aromatic carbocycles. The molecular weight excluding hydrogens is 220 g/mol. The van der Waals surface area contributed by atoms with Crippen LogP contribution in [0, 0.1) is 0 Å². The maximum absolute atomic E-state index is 4.64. The van der Waals surface area contributed by atoms with Crippen molar-refractivity contribution >= 4 is 11.4 Å². The van der Waals surface area contributed by atoms with E-state index in [-0.39, 0.29) is 0 Å². The van der Waals surface area contributed by atoms with Crippen LogP contribution >= 0.6 is 0 Å². The first-order valence-electron chi connectivity index (χ1n) is 6.11. The molecule has 0 N–H and O–H groups in total. The van der Waals surface area contributed by atoms with E-state index in [0.717, 1.165) is 11.4 Å². The highest BCUT2D eigenvalue weighted by molar-refractivity contribution is 6.10. The Morgan fingerprint density at radius 1 is 0.556 bits per heavy atom. The summed E-state index contributed by atoms with van der Waals surface area (Å²) in [5.74, 6) is 0. The van der Waals surface area contributed by atoms with Crippen LogP contribution in [0.2, 0.25) is 0 Å². The normalized spacial score (nSPS) is 14.9. The second kappa shape index (κ2) is 4.96. The Balaban J connectivity index is 1.79. The lowest BCUT2D eigenvalue weighted by Crippen LogP contribution is -2.18. The molecule has 0 saturated heterocycles. The zero-order chi connectivity index (χ0) is 12.2. The average Bonchev–Trinajstić information content (AvgIpc) is 2.49. The zero-order valence-electron chi connectivity index (χ0n) is 10.1. The average molecular weight is 234 g/mol. The highest BCUT2D eigenvalue weighted by Gasteiger charge is 2.10. The first-order valence-corrected chi connectivity index (χ1v) is 6.11. The molecule has 0 spiro atoms. The van der Waals surface area contributed by atoms with Gasteiger partial charge in [-0.2, -0.15) is 0 Å². The Labute approximate surface area is 107 Å². The van der Waals surface area contributed by atoms with Gasteiger partial charge in [0.25, 0.3) is 0 Å². The number of hydrogen-bond donors (Lipinski definition) is 0. The maximum atomic E-state index is 4.64. The summed E-state index contributed by atoms with van der Waals surface area (Å²) in [6, 6.07) is 20.5. The molecule has 0 aromatic heterocycles. The summed E-state index contributed by atoms with van der Waals surface area (Å²) in [5, 5.41) is 0. The zero-order valence-corrected chi connectivity index (χ0v) is 10.1. The van der Waals surface area contributed by atoms with Gasteiger partial charge in [0.05, 0.1) is 24.5 Å². The third-order valence-electron chi connectivity index (χ3n) is 3.05. The molecule has 2 heteroatoms. The Morgan fingerprint density at radius 2 is 0.944 bits per heavy atom. The van der Waals surface area contributed by atoms with Crippen molar-refractivity contribution in [1.29, 1.82) is 0 Å². The lowest BCUT2D eigenvalue weighted by molar-refractivity contribution is 1.14. The van der Waals surface area contributed by atoms with Crippen molar-refractivity contribution in [2.45, 2.75) is 0 Å². The molecule has 0 atom stereocenters. The van der Waals surface area contributed by atoms with Crippen molar-refractivity contribution in [3.63, 3.8) is 0 Å². The van der Waals surface area contributed by atoms with Gasteiger partial charge in [-0.05, 0) is 11.1 Å². The number of nitrogens with zero attached hydrogens (tertiary/aromatic N) is 2. The van der Waals surface area contributed by atoms with Gasteiger partial charge < -0.3 is 0 Å². The fourth-order valence-corrected chi connectivity index (χ4v) is 2.07. The molecule has 1 aliphatic heterocycles. The molecule has 18 heavy (non-hydrogen) atoms. The number of benzene rings is 2. The topological polar surface area (TPSA) is 24.7 Å². The third kappa shape index (κ3) is 2.23. The van der Waals surface area contributed by atoms with Crippen molar-refractivity contribution in [2.24, 2.45) is 9.98 Å². The molecule has 1 aliphatic rings. The molecule has 2 nitrogen and oxygen atoms in total.